The van der Waals surface area contributed by atoms with Crippen LogP contribution >= 0.6 is 0 Å². The van der Waals surface area contributed by atoms with Gasteiger partial charge in [0.25, 0.3) is 11.6 Å². The van der Waals surface area contributed by atoms with Gasteiger partial charge in [0.05, 0.1) is 22.2 Å². The number of carbonyl (C=O) groups is 1. The van der Waals surface area contributed by atoms with Gasteiger partial charge >= 0.3 is 0 Å². The number of nitro benzene ring substituents is 1. The van der Waals surface area contributed by atoms with Crippen molar-refractivity contribution in [1.29, 1.82) is 0 Å². The molecule has 0 saturated heterocycles. The summed E-state index contributed by atoms with van der Waals surface area (Å²) in [6, 6.07) is 5.89. The molecule has 0 fully saturated rings. The SMILES string of the molecule is O=C(Nc1ccc([N+](=O)[O-])cc1O)c1cc(F)ccc1O. The Hall–Kier alpha value is -3.16. The van der Waals surface area contributed by atoms with Crippen LogP contribution in [0.5, 0.6) is 11.5 Å². The number of nitro groups is 1. The van der Waals surface area contributed by atoms with Crippen molar-refractivity contribution in [1.82, 2.24) is 0 Å². The molecule has 0 aliphatic carbocycles. The number of nitrogens with one attached hydrogen (secondary N) is 1. The normalized spacial score (nSPS) is 10.1. The Balaban J connectivity index is 2.27. The molecular weight excluding hydrogens is 283 g/mol. The van der Waals surface area contributed by atoms with E-state index < -0.39 is 28.1 Å². The molecule has 1 amide bonds. The van der Waals surface area contributed by atoms with Crippen LogP contribution in [0.15, 0.2) is 36.4 Å². The van der Waals surface area contributed by atoms with Crippen molar-refractivity contribution in [2.24, 2.45) is 0 Å². The summed E-state index contributed by atoms with van der Waals surface area (Å²) < 4.78 is 13.1. The number of hydrogen-bond donors (Lipinski definition) is 3. The first-order valence-corrected chi connectivity index (χ1v) is 5.66. The Morgan fingerprint density at radius 1 is 1.14 bits per heavy atom. The number of rotatable bonds is 3. The summed E-state index contributed by atoms with van der Waals surface area (Å²) in [6.45, 7) is 0. The zero-order valence-electron chi connectivity index (χ0n) is 10.4. The van der Waals surface area contributed by atoms with E-state index >= 15 is 0 Å². The second-order valence-corrected chi connectivity index (χ2v) is 4.07. The average molecular weight is 292 g/mol. The summed E-state index contributed by atoms with van der Waals surface area (Å²) in [5, 5.41) is 31.8. The van der Waals surface area contributed by atoms with Crippen LogP contribution in [-0.4, -0.2) is 21.0 Å². The Bertz CT molecular complexity index is 732. The monoisotopic (exact) mass is 292 g/mol. The van der Waals surface area contributed by atoms with Crippen LogP contribution in [0.4, 0.5) is 15.8 Å². The quantitative estimate of drug-likeness (QED) is 0.456. The molecule has 3 N–H and O–H groups in total. The molecule has 0 aliphatic rings. The molecule has 0 heterocycles. The second kappa shape index (κ2) is 5.45. The molecule has 2 rings (SSSR count). The molecule has 2 aromatic carbocycles. The number of anilines is 1. The zero-order chi connectivity index (χ0) is 15.6. The van der Waals surface area contributed by atoms with E-state index in [1.165, 1.54) is 0 Å². The van der Waals surface area contributed by atoms with E-state index in [2.05, 4.69) is 5.32 Å². The summed E-state index contributed by atoms with van der Waals surface area (Å²) in [5.41, 5.74) is -0.777. The molecule has 21 heavy (non-hydrogen) atoms. The third-order valence-electron chi connectivity index (χ3n) is 2.64. The second-order valence-electron chi connectivity index (χ2n) is 4.07. The van der Waals surface area contributed by atoms with Gasteiger partial charge < -0.3 is 15.5 Å². The largest absolute Gasteiger partial charge is 0.507 e. The minimum Gasteiger partial charge on any atom is -0.507 e. The number of carbonyl (C=O) groups excluding carboxylic acids is 1. The third kappa shape index (κ3) is 3.06. The van der Waals surface area contributed by atoms with Gasteiger partial charge in [0, 0.05) is 6.07 Å². The predicted octanol–water partition coefficient (Wildman–Crippen LogP) is 2.40. The van der Waals surface area contributed by atoms with E-state index in [1.54, 1.807) is 0 Å². The fourth-order valence-corrected chi connectivity index (χ4v) is 1.62. The molecule has 0 saturated carbocycles. The summed E-state index contributed by atoms with van der Waals surface area (Å²) >= 11 is 0. The number of benzene rings is 2. The topological polar surface area (TPSA) is 113 Å². The molecule has 7 nitrogen and oxygen atoms in total. The highest BCUT2D eigenvalue weighted by Gasteiger charge is 2.16. The van der Waals surface area contributed by atoms with E-state index in [4.69, 9.17) is 0 Å². The zero-order valence-corrected chi connectivity index (χ0v) is 10.4. The summed E-state index contributed by atoms with van der Waals surface area (Å²) in [5.74, 6) is -2.54. The fourth-order valence-electron chi connectivity index (χ4n) is 1.62. The van der Waals surface area contributed by atoms with Crippen molar-refractivity contribution >= 4 is 17.3 Å². The molecule has 8 heteroatoms. The van der Waals surface area contributed by atoms with Gasteiger partial charge in [-0.2, -0.15) is 0 Å². The highest BCUT2D eigenvalue weighted by Crippen LogP contribution is 2.29. The third-order valence-corrected chi connectivity index (χ3v) is 2.64. The maximum absolute atomic E-state index is 13.1. The molecule has 0 bridgehead atoms. The van der Waals surface area contributed by atoms with E-state index in [-0.39, 0.29) is 16.9 Å². The van der Waals surface area contributed by atoms with Crippen LogP contribution in [0.25, 0.3) is 0 Å². The number of phenolic OH excluding ortho intramolecular Hbond substituents is 2. The fraction of sp³-hybridized carbons (Fsp3) is 0. The van der Waals surface area contributed by atoms with Crippen LogP contribution in [0, 0.1) is 15.9 Å². The predicted molar refractivity (Wildman–Crippen MR) is 70.8 cm³/mol. The molecule has 0 unspecified atom stereocenters. The number of halogens is 1. The molecule has 0 aromatic heterocycles. The first kappa shape index (κ1) is 14.3. The molecule has 0 spiro atoms. The van der Waals surface area contributed by atoms with Crippen molar-refractivity contribution in [3.63, 3.8) is 0 Å². The molecule has 0 radical (unpaired) electrons. The number of phenols is 2. The van der Waals surface area contributed by atoms with Gasteiger partial charge in [0.2, 0.25) is 0 Å². The van der Waals surface area contributed by atoms with E-state index in [1.807, 2.05) is 0 Å². The average Bonchev–Trinajstić information content (AvgIpc) is 2.43. The smallest absolute Gasteiger partial charge is 0.273 e. The Morgan fingerprint density at radius 2 is 1.86 bits per heavy atom. The summed E-state index contributed by atoms with van der Waals surface area (Å²) in [6.07, 6.45) is 0. The number of aromatic hydroxyl groups is 2. The van der Waals surface area contributed by atoms with Crippen molar-refractivity contribution in [2.45, 2.75) is 0 Å². The molecule has 2 aromatic rings. The van der Waals surface area contributed by atoms with Crippen LogP contribution in [0.2, 0.25) is 0 Å². The van der Waals surface area contributed by atoms with Gasteiger partial charge in [-0.05, 0) is 24.3 Å². The Labute approximate surface area is 117 Å². The summed E-state index contributed by atoms with van der Waals surface area (Å²) in [7, 11) is 0. The number of amides is 1. The van der Waals surface area contributed by atoms with Gasteiger partial charge in [0.15, 0.2) is 0 Å². The highest BCUT2D eigenvalue weighted by molar-refractivity contribution is 6.06. The molecule has 0 atom stereocenters. The minimum absolute atomic E-state index is 0.103. The molecular formula is C13H9FN2O5. The van der Waals surface area contributed by atoms with Crippen molar-refractivity contribution in [3.8, 4) is 11.5 Å². The summed E-state index contributed by atoms with van der Waals surface area (Å²) in [4.78, 5) is 21.7. The number of nitrogens with zero attached hydrogens (tertiary/aromatic N) is 1. The maximum atomic E-state index is 13.1. The number of hydrogen-bond acceptors (Lipinski definition) is 5. The van der Waals surface area contributed by atoms with Crippen molar-refractivity contribution in [2.75, 3.05) is 5.32 Å². The first-order chi connectivity index (χ1) is 9.88. The molecule has 0 aliphatic heterocycles. The van der Waals surface area contributed by atoms with Crippen molar-refractivity contribution in [3.05, 3.63) is 57.9 Å². The standard InChI is InChI=1S/C13H9FN2O5/c14-7-1-4-11(17)9(5-7)13(19)15-10-3-2-8(16(20)21)6-12(10)18/h1-6,17-18H,(H,15,19). The Kier molecular flexibility index (Phi) is 3.70. The van der Waals surface area contributed by atoms with Crippen LogP contribution in [-0.2, 0) is 0 Å². The number of non-ortho nitro benzene ring substituents is 1. The van der Waals surface area contributed by atoms with Crippen LogP contribution in [0.3, 0.4) is 0 Å². The first-order valence-electron chi connectivity index (χ1n) is 5.66. The lowest BCUT2D eigenvalue weighted by atomic mass is 10.1. The minimum atomic E-state index is -0.865. The molecule has 108 valence electrons. The van der Waals surface area contributed by atoms with Crippen LogP contribution < -0.4 is 5.32 Å². The van der Waals surface area contributed by atoms with E-state index in [0.29, 0.717) is 0 Å². The van der Waals surface area contributed by atoms with Gasteiger partial charge in [0.1, 0.15) is 17.3 Å². The highest BCUT2D eigenvalue weighted by atomic mass is 19.1. The van der Waals surface area contributed by atoms with Gasteiger partial charge in [-0.1, -0.05) is 0 Å². The van der Waals surface area contributed by atoms with Gasteiger partial charge in [-0.25, -0.2) is 4.39 Å². The lowest BCUT2D eigenvalue weighted by Gasteiger charge is -2.08. The van der Waals surface area contributed by atoms with Gasteiger partial charge in [-0.3, -0.25) is 14.9 Å². The lowest BCUT2D eigenvalue weighted by molar-refractivity contribution is -0.384. The van der Waals surface area contributed by atoms with Crippen LogP contribution in [0.1, 0.15) is 10.4 Å². The van der Waals surface area contributed by atoms with Gasteiger partial charge in [-0.15, -0.1) is 0 Å². The Morgan fingerprint density at radius 3 is 2.48 bits per heavy atom. The van der Waals surface area contributed by atoms with Crippen molar-refractivity contribution < 1.29 is 24.3 Å². The lowest BCUT2D eigenvalue weighted by Crippen LogP contribution is -2.12. The maximum Gasteiger partial charge on any atom is 0.273 e. The van der Waals surface area contributed by atoms with E-state index in [0.717, 1.165) is 36.4 Å². The van der Waals surface area contributed by atoms with E-state index in [9.17, 15) is 29.5 Å².